The first-order chi connectivity index (χ1) is 10.3. The second-order valence-electron chi connectivity index (χ2n) is 6.22. The first-order valence-corrected chi connectivity index (χ1v) is 8.84. The Labute approximate surface area is 130 Å². The van der Waals surface area contributed by atoms with E-state index >= 15 is 0 Å². The first-order valence-electron chi connectivity index (χ1n) is 8.84. The van der Waals surface area contributed by atoms with E-state index in [1.54, 1.807) is 5.56 Å². The Bertz CT molecular complexity index is 391. The molecule has 0 bridgehead atoms. The highest BCUT2D eigenvalue weighted by molar-refractivity contribution is 5.28. The predicted molar refractivity (Wildman–Crippen MR) is 91.9 cm³/mol. The molecule has 1 unspecified atom stereocenters. The molecule has 1 N–H and O–H groups in total. The lowest BCUT2D eigenvalue weighted by Gasteiger charge is -2.27. The third-order valence-electron chi connectivity index (χ3n) is 4.99. The van der Waals surface area contributed by atoms with Crippen molar-refractivity contribution in [3.8, 4) is 0 Å². The quantitative estimate of drug-likeness (QED) is 0.727. The number of hydrogen-bond acceptors (Lipinski definition) is 2. The van der Waals surface area contributed by atoms with Crippen LogP contribution in [0, 0.1) is 0 Å². The summed E-state index contributed by atoms with van der Waals surface area (Å²) >= 11 is 0. The van der Waals surface area contributed by atoms with Crippen LogP contribution >= 0.6 is 0 Å². The average Bonchev–Trinajstić information content (AvgIpc) is 2.46. The topological polar surface area (TPSA) is 15.3 Å². The van der Waals surface area contributed by atoms with Crippen molar-refractivity contribution in [1.29, 1.82) is 0 Å². The highest BCUT2D eigenvalue weighted by Gasteiger charge is 2.19. The predicted octanol–water partition coefficient (Wildman–Crippen LogP) is 4.34. The van der Waals surface area contributed by atoms with Gasteiger partial charge in [-0.2, -0.15) is 0 Å². The SMILES string of the molecule is CCNC(CCN(CC)CC)c1ccc(C2CCC2)cc1. The summed E-state index contributed by atoms with van der Waals surface area (Å²) in [6.45, 7) is 11.2. The van der Waals surface area contributed by atoms with Gasteiger partial charge in [0.2, 0.25) is 0 Å². The van der Waals surface area contributed by atoms with Crippen molar-refractivity contribution in [2.75, 3.05) is 26.2 Å². The van der Waals surface area contributed by atoms with Crippen LogP contribution in [0.15, 0.2) is 24.3 Å². The van der Waals surface area contributed by atoms with E-state index in [0.717, 1.165) is 25.6 Å². The van der Waals surface area contributed by atoms with Crippen LogP contribution in [0.25, 0.3) is 0 Å². The van der Waals surface area contributed by atoms with Crippen LogP contribution in [0.3, 0.4) is 0 Å². The highest BCUT2D eigenvalue weighted by Crippen LogP contribution is 2.36. The lowest BCUT2D eigenvalue weighted by Crippen LogP contribution is -2.29. The number of nitrogens with zero attached hydrogens (tertiary/aromatic N) is 1. The zero-order valence-corrected chi connectivity index (χ0v) is 14.1. The van der Waals surface area contributed by atoms with Crippen LogP contribution in [0.2, 0.25) is 0 Å². The third-order valence-corrected chi connectivity index (χ3v) is 4.99. The molecule has 1 aliphatic carbocycles. The minimum atomic E-state index is 0.492. The van der Waals surface area contributed by atoms with E-state index in [1.807, 2.05) is 0 Å². The maximum atomic E-state index is 3.65. The van der Waals surface area contributed by atoms with E-state index in [9.17, 15) is 0 Å². The summed E-state index contributed by atoms with van der Waals surface area (Å²) < 4.78 is 0. The van der Waals surface area contributed by atoms with Gasteiger partial charge in [-0.15, -0.1) is 0 Å². The monoisotopic (exact) mass is 288 g/mol. The normalized spacial score (nSPS) is 17.0. The average molecular weight is 288 g/mol. The van der Waals surface area contributed by atoms with Gasteiger partial charge in [-0.25, -0.2) is 0 Å². The van der Waals surface area contributed by atoms with Gasteiger partial charge in [-0.3, -0.25) is 0 Å². The molecule has 0 saturated heterocycles. The van der Waals surface area contributed by atoms with Gasteiger partial charge in [0.1, 0.15) is 0 Å². The summed E-state index contributed by atoms with van der Waals surface area (Å²) in [5, 5.41) is 3.65. The smallest absolute Gasteiger partial charge is 0.0332 e. The lowest BCUT2D eigenvalue weighted by atomic mass is 9.80. The molecular formula is C19H32N2. The fraction of sp³-hybridized carbons (Fsp3) is 0.684. The third kappa shape index (κ3) is 4.55. The molecule has 0 aliphatic heterocycles. The summed E-state index contributed by atoms with van der Waals surface area (Å²) in [6.07, 6.45) is 5.38. The maximum Gasteiger partial charge on any atom is 0.0332 e. The molecule has 118 valence electrons. The lowest BCUT2D eigenvalue weighted by molar-refractivity contribution is 0.282. The molecule has 2 nitrogen and oxygen atoms in total. The summed E-state index contributed by atoms with van der Waals surface area (Å²) in [5.74, 6) is 0.840. The summed E-state index contributed by atoms with van der Waals surface area (Å²) in [4.78, 5) is 2.51. The van der Waals surface area contributed by atoms with Gasteiger partial charge in [0.15, 0.2) is 0 Å². The van der Waals surface area contributed by atoms with Crippen molar-refractivity contribution >= 4 is 0 Å². The van der Waals surface area contributed by atoms with Gasteiger partial charge in [0.25, 0.3) is 0 Å². The molecule has 1 aliphatic rings. The molecule has 1 fully saturated rings. The van der Waals surface area contributed by atoms with E-state index in [2.05, 4.69) is 55.3 Å². The van der Waals surface area contributed by atoms with Gasteiger partial charge in [-0.05, 0) is 62.5 Å². The molecule has 2 heteroatoms. The van der Waals surface area contributed by atoms with Gasteiger partial charge >= 0.3 is 0 Å². The minimum Gasteiger partial charge on any atom is -0.310 e. The Morgan fingerprint density at radius 2 is 1.76 bits per heavy atom. The highest BCUT2D eigenvalue weighted by atomic mass is 15.1. The van der Waals surface area contributed by atoms with Crippen LogP contribution in [-0.4, -0.2) is 31.1 Å². The van der Waals surface area contributed by atoms with E-state index in [1.165, 1.54) is 37.8 Å². The summed E-state index contributed by atoms with van der Waals surface area (Å²) in [5.41, 5.74) is 3.00. The molecule has 1 aromatic carbocycles. The Morgan fingerprint density at radius 1 is 1.10 bits per heavy atom. The maximum absolute atomic E-state index is 3.65. The molecule has 1 aromatic rings. The van der Waals surface area contributed by atoms with Crippen LogP contribution < -0.4 is 5.32 Å². The molecule has 1 saturated carbocycles. The van der Waals surface area contributed by atoms with Crippen molar-refractivity contribution in [1.82, 2.24) is 10.2 Å². The second-order valence-corrected chi connectivity index (χ2v) is 6.22. The van der Waals surface area contributed by atoms with E-state index < -0.39 is 0 Å². The number of hydrogen-bond donors (Lipinski definition) is 1. The van der Waals surface area contributed by atoms with E-state index in [-0.39, 0.29) is 0 Å². The second kappa shape index (κ2) is 8.55. The molecule has 0 aromatic heterocycles. The van der Waals surface area contributed by atoms with E-state index in [4.69, 9.17) is 0 Å². The number of benzene rings is 1. The van der Waals surface area contributed by atoms with Crippen molar-refractivity contribution in [3.63, 3.8) is 0 Å². The zero-order valence-electron chi connectivity index (χ0n) is 14.1. The van der Waals surface area contributed by atoms with Gasteiger partial charge < -0.3 is 10.2 Å². The molecule has 0 amide bonds. The fourth-order valence-corrected chi connectivity index (χ4v) is 3.23. The number of nitrogens with one attached hydrogen (secondary N) is 1. The largest absolute Gasteiger partial charge is 0.310 e. The summed E-state index contributed by atoms with van der Waals surface area (Å²) in [6, 6.07) is 9.92. The van der Waals surface area contributed by atoms with Gasteiger partial charge in [0, 0.05) is 6.04 Å². The van der Waals surface area contributed by atoms with Crippen LogP contribution in [0.5, 0.6) is 0 Å². The van der Waals surface area contributed by atoms with Crippen LogP contribution in [0.1, 0.15) is 69.5 Å². The molecule has 0 spiro atoms. The minimum absolute atomic E-state index is 0.492. The van der Waals surface area contributed by atoms with Crippen molar-refractivity contribution in [2.45, 2.75) is 58.4 Å². The molecule has 0 radical (unpaired) electrons. The first kappa shape index (κ1) is 16.5. The standard InChI is InChI=1S/C19H32N2/c1-4-20-19(14-15-21(5-2)6-3)18-12-10-17(11-13-18)16-8-7-9-16/h10-13,16,19-20H,4-9,14-15H2,1-3H3. The zero-order chi connectivity index (χ0) is 15.1. The molecule has 21 heavy (non-hydrogen) atoms. The van der Waals surface area contributed by atoms with Crippen molar-refractivity contribution in [2.24, 2.45) is 0 Å². The molecule has 2 rings (SSSR count). The van der Waals surface area contributed by atoms with Crippen molar-refractivity contribution < 1.29 is 0 Å². The Hall–Kier alpha value is -0.860. The number of rotatable bonds is 9. The van der Waals surface area contributed by atoms with Gasteiger partial charge in [0.05, 0.1) is 0 Å². The summed E-state index contributed by atoms with van der Waals surface area (Å²) in [7, 11) is 0. The Kier molecular flexibility index (Phi) is 6.72. The van der Waals surface area contributed by atoms with Crippen molar-refractivity contribution in [3.05, 3.63) is 35.4 Å². The molecule has 1 atom stereocenters. The van der Waals surface area contributed by atoms with Gasteiger partial charge in [-0.1, -0.05) is 51.5 Å². The molecule has 0 heterocycles. The van der Waals surface area contributed by atoms with E-state index in [0.29, 0.717) is 6.04 Å². The molecular weight excluding hydrogens is 256 g/mol. The Balaban J connectivity index is 1.96. The van der Waals surface area contributed by atoms with Crippen LogP contribution in [0.4, 0.5) is 0 Å². The fourth-order valence-electron chi connectivity index (χ4n) is 3.23. The van der Waals surface area contributed by atoms with Crippen LogP contribution in [-0.2, 0) is 0 Å². The Morgan fingerprint density at radius 3 is 2.24 bits per heavy atom.